The molecule has 0 radical (unpaired) electrons. The van der Waals surface area contributed by atoms with Gasteiger partial charge in [0.1, 0.15) is 0 Å². The van der Waals surface area contributed by atoms with Crippen LogP contribution in [-0.4, -0.2) is 19.6 Å². The fraction of sp³-hybridized carbons (Fsp3) is 0.300. The monoisotopic (exact) mass is 193 g/mol. The Balaban J connectivity index is 2.68. The van der Waals surface area contributed by atoms with Gasteiger partial charge in [0.25, 0.3) is 0 Å². The molecule has 4 nitrogen and oxygen atoms in total. The summed E-state index contributed by atoms with van der Waals surface area (Å²) in [5, 5.41) is 2.76. The molecule has 74 valence electrons. The van der Waals surface area contributed by atoms with Gasteiger partial charge in [-0.15, -0.1) is 0 Å². The molecule has 1 aromatic rings. The molecule has 14 heavy (non-hydrogen) atoms. The van der Waals surface area contributed by atoms with Crippen LogP contribution in [-0.2, 0) is 11.2 Å². The van der Waals surface area contributed by atoms with E-state index in [9.17, 15) is 9.70 Å². The maximum absolute atomic E-state index is 11.0. The van der Waals surface area contributed by atoms with E-state index in [1.165, 1.54) is 7.11 Å². The Morgan fingerprint density at radius 3 is 2.50 bits per heavy atom. The molecule has 0 aliphatic heterocycles. The molecule has 0 heterocycles. The molecule has 1 rings (SSSR count). The average molecular weight is 193 g/mol. The fourth-order valence-corrected chi connectivity index (χ4v) is 1.10. The molecule has 0 aliphatic carbocycles. The Morgan fingerprint density at radius 1 is 1.36 bits per heavy atom. The molecular formula is C10H11NO3. The maximum atomic E-state index is 11.0. The molecule has 0 aliphatic rings. The summed E-state index contributed by atoms with van der Waals surface area (Å²) in [6.07, 6.45) is 0.602. The lowest BCUT2D eigenvalue weighted by Gasteiger charge is -2.00. The second kappa shape index (κ2) is 5.11. The fourth-order valence-electron chi connectivity index (χ4n) is 1.10. The number of carbonyl (C=O) groups is 1. The van der Waals surface area contributed by atoms with Gasteiger partial charge in [-0.2, -0.15) is 4.91 Å². The van der Waals surface area contributed by atoms with Gasteiger partial charge in [0.2, 0.25) is 0 Å². The third-order valence-corrected chi connectivity index (χ3v) is 1.87. The number of methoxy groups -OCH3 is 1. The number of esters is 1. The van der Waals surface area contributed by atoms with Gasteiger partial charge >= 0.3 is 5.97 Å². The summed E-state index contributed by atoms with van der Waals surface area (Å²) in [6.45, 7) is 0.261. The Labute approximate surface area is 81.9 Å². The highest BCUT2D eigenvalue weighted by atomic mass is 16.5. The van der Waals surface area contributed by atoms with Crippen LogP contribution >= 0.6 is 0 Å². The highest BCUT2D eigenvalue weighted by molar-refractivity contribution is 5.89. The summed E-state index contributed by atoms with van der Waals surface area (Å²) < 4.78 is 4.55. The normalized spacial score (nSPS) is 9.50. The van der Waals surface area contributed by atoms with Gasteiger partial charge in [0, 0.05) is 0 Å². The van der Waals surface area contributed by atoms with E-state index in [1.54, 1.807) is 24.3 Å². The Morgan fingerprint density at radius 2 is 2.00 bits per heavy atom. The number of hydrogen-bond acceptors (Lipinski definition) is 4. The van der Waals surface area contributed by atoms with E-state index in [0.717, 1.165) is 5.56 Å². The van der Waals surface area contributed by atoms with Crippen molar-refractivity contribution in [3.63, 3.8) is 0 Å². The van der Waals surface area contributed by atoms with Crippen molar-refractivity contribution in [1.82, 2.24) is 0 Å². The van der Waals surface area contributed by atoms with Crippen LogP contribution in [0.5, 0.6) is 0 Å². The number of benzene rings is 1. The van der Waals surface area contributed by atoms with E-state index in [-0.39, 0.29) is 12.5 Å². The molecule has 0 atom stereocenters. The van der Waals surface area contributed by atoms with Crippen molar-refractivity contribution in [3.8, 4) is 0 Å². The first-order chi connectivity index (χ1) is 6.77. The third-order valence-electron chi connectivity index (χ3n) is 1.87. The van der Waals surface area contributed by atoms with Crippen molar-refractivity contribution >= 4 is 5.97 Å². The summed E-state index contributed by atoms with van der Waals surface area (Å²) in [4.78, 5) is 20.9. The molecule has 0 saturated carbocycles. The summed E-state index contributed by atoms with van der Waals surface area (Å²) >= 11 is 0. The minimum atomic E-state index is -0.356. The van der Waals surface area contributed by atoms with Gasteiger partial charge in [0.05, 0.1) is 19.2 Å². The first kappa shape index (κ1) is 10.4. The molecule has 4 heteroatoms. The van der Waals surface area contributed by atoms with E-state index in [2.05, 4.69) is 9.91 Å². The first-order valence-electron chi connectivity index (χ1n) is 4.24. The van der Waals surface area contributed by atoms with E-state index in [4.69, 9.17) is 0 Å². The van der Waals surface area contributed by atoms with Crippen LogP contribution in [0.25, 0.3) is 0 Å². The van der Waals surface area contributed by atoms with E-state index < -0.39 is 0 Å². The predicted molar refractivity (Wildman–Crippen MR) is 52.1 cm³/mol. The number of hydrogen-bond donors (Lipinski definition) is 0. The lowest BCUT2D eigenvalue weighted by Crippen LogP contribution is -2.01. The quantitative estimate of drug-likeness (QED) is 0.541. The molecule has 0 N–H and O–H groups in total. The minimum Gasteiger partial charge on any atom is -0.465 e. The van der Waals surface area contributed by atoms with Crippen molar-refractivity contribution in [2.45, 2.75) is 6.42 Å². The Hall–Kier alpha value is -1.71. The zero-order valence-corrected chi connectivity index (χ0v) is 7.90. The van der Waals surface area contributed by atoms with E-state index in [1.807, 2.05) is 0 Å². The molecule has 0 bridgehead atoms. The SMILES string of the molecule is COC(=O)c1ccc(CCN=O)cc1. The van der Waals surface area contributed by atoms with Crippen molar-refractivity contribution in [3.05, 3.63) is 40.3 Å². The number of nitroso groups, excluding NO2 is 1. The van der Waals surface area contributed by atoms with Crippen molar-refractivity contribution in [2.24, 2.45) is 5.18 Å². The lowest BCUT2D eigenvalue weighted by atomic mass is 10.1. The third kappa shape index (κ3) is 2.65. The maximum Gasteiger partial charge on any atom is 0.337 e. The van der Waals surface area contributed by atoms with Gasteiger partial charge in [0.15, 0.2) is 0 Å². The minimum absolute atomic E-state index is 0.261. The lowest BCUT2D eigenvalue weighted by molar-refractivity contribution is 0.0600. The van der Waals surface area contributed by atoms with Crippen molar-refractivity contribution < 1.29 is 9.53 Å². The molecule has 0 aromatic heterocycles. The molecule has 1 aromatic carbocycles. The smallest absolute Gasteiger partial charge is 0.337 e. The van der Waals surface area contributed by atoms with Crippen LogP contribution in [0.15, 0.2) is 29.4 Å². The molecule has 0 saturated heterocycles. The van der Waals surface area contributed by atoms with Crippen molar-refractivity contribution in [2.75, 3.05) is 13.7 Å². The molecule has 0 fully saturated rings. The van der Waals surface area contributed by atoms with Crippen LogP contribution in [0.4, 0.5) is 0 Å². The largest absolute Gasteiger partial charge is 0.465 e. The summed E-state index contributed by atoms with van der Waals surface area (Å²) in [5.41, 5.74) is 1.49. The summed E-state index contributed by atoms with van der Waals surface area (Å²) in [6, 6.07) is 6.92. The van der Waals surface area contributed by atoms with Gasteiger partial charge in [-0.3, -0.25) is 0 Å². The zero-order valence-electron chi connectivity index (χ0n) is 7.90. The predicted octanol–water partition coefficient (Wildman–Crippen LogP) is 1.78. The van der Waals surface area contributed by atoms with Gasteiger partial charge in [-0.05, 0) is 24.1 Å². The van der Waals surface area contributed by atoms with Crippen LogP contribution in [0.2, 0.25) is 0 Å². The van der Waals surface area contributed by atoms with Crippen LogP contribution in [0.3, 0.4) is 0 Å². The zero-order chi connectivity index (χ0) is 10.4. The number of rotatable bonds is 4. The van der Waals surface area contributed by atoms with Gasteiger partial charge in [-0.25, -0.2) is 4.79 Å². The van der Waals surface area contributed by atoms with E-state index >= 15 is 0 Å². The Kier molecular flexibility index (Phi) is 3.79. The number of carbonyl (C=O) groups excluding carboxylic acids is 1. The standard InChI is InChI=1S/C10H11NO3/c1-14-10(12)9-4-2-8(3-5-9)6-7-11-13/h2-5H,6-7H2,1H3. The first-order valence-corrected chi connectivity index (χ1v) is 4.24. The second-order valence-corrected chi connectivity index (χ2v) is 2.79. The average Bonchev–Trinajstić information content (AvgIpc) is 2.26. The Bertz CT molecular complexity index is 319. The summed E-state index contributed by atoms with van der Waals surface area (Å²) in [7, 11) is 1.34. The molecule has 0 amide bonds. The molecule has 0 unspecified atom stereocenters. The van der Waals surface area contributed by atoms with Crippen LogP contribution in [0, 0.1) is 4.91 Å². The van der Waals surface area contributed by atoms with Gasteiger partial charge < -0.3 is 4.74 Å². The number of ether oxygens (including phenoxy) is 1. The molecular weight excluding hydrogens is 182 g/mol. The molecule has 0 spiro atoms. The van der Waals surface area contributed by atoms with Crippen LogP contribution in [0.1, 0.15) is 15.9 Å². The highest BCUT2D eigenvalue weighted by Crippen LogP contribution is 2.06. The number of nitrogens with zero attached hydrogens (tertiary/aromatic N) is 1. The topological polar surface area (TPSA) is 55.7 Å². The van der Waals surface area contributed by atoms with E-state index in [0.29, 0.717) is 12.0 Å². The van der Waals surface area contributed by atoms with Crippen molar-refractivity contribution in [1.29, 1.82) is 0 Å². The van der Waals surface area contributed by atoms with Gasteiger partial charge in [-0.1, -0.05) is 17.3 Å². The van der Waals surface area contributed by atoms with Crippen LogP contribution < -0.4 is 0 Å². The second-order valence-electron chi connectivity index (χ2n) is 2.79. The summed E-state index contributed by atoms with van der Waals surface area (Å²) in [5.74, 6) is -0.356. The highest BCUT2D eigenvalue weighted by Gasteiger charge is 2.03.